The summed E-state index contributed by atoms with van der Waals surface area (Å²) in [4.78, 5) is 41.4. The number of amides is 2. The maximum atomic E-state index is 13.2. The lowest BCUT2D eigenvalue weighted by atomic mass is 10.1. The van der Waals surface area contributed by atoms with E-state index < -0.39 is 17.8 Å². The van der Waals surface area contributed by atoms with Crippen LogP contribution in [-0.4, -0.2) is 46.2 Å². The normalized spacial score (nSPS) is 10.5. The molecule has 9 nitrogen and oxygen atoms in total. The van der Waals surface area contributed by atoms with E-state index >= 15 is 0 Å². The van der Waals surface area contributed by atoms with Gasteiger partial charge in [-0.3, -0.25) is 14.4 Å². The lowest BCUT2D eigenvalue weighted by molar-refractivity contribution is -0.139. The zero-order chi connectivity index (χ0) is 23.4. The van der Waals surface area contributed by atoms with Gasteiger partial charge in [0.15, 0.2) is 5.82 Å². The predicted molar refractivity (Wildman–Crippen MR) is 123 cm³/mol. The van der Waals surface area contributed by atoms with E-state index in [1.807, 2.05) is 0 Å². The highest BCUT2D eigenvalue weighted by molar-refractivity contribution is 9.10. The largest absolute Gasteiger partial charge is 0.468 e. The fourth-order valence-corrected chi connectivity index (χ4v) is 3.64. The Morgan fingerprint density at radius 2 is 1.94 bits per heavy atom. The smallest absolute Gasteiger partial charge is 0.325 e. The molecule has 2 N–H and O–H groups in total. The minimum Gasteiger partial charge on any atom is -0.468 e. The Morgan fingerprint density at radius 1 is 1.19 bits per heavy atom. The number of rotatable bonds is 6. The van der Waals surface area contributed by atoms with Gasteiger partial charge in [0.1, 0.15) is 16.8 Å². The predicted octanol–water partition coefficient (Wildman–Crippen LogP) is 3.80. The molecule has 2 aromatic heterocycles. The van der Waals surface area contributed by atoms with E-state index in [0.29, 0.717) is 15.2 Å². The number of anilines is 1. The van der Waals surface area contributed by atoms with Crippen LogP contribution in [0.25, 0.3) is 5.82 Å². The van der Waals surface area contributed by atoms with Crippen LogP contribution in [0.1, 0.15) is 26.4 Å². The average molecular weight is 541 g/mol. The van der Waals surface area contributed by atoms with Gasteiger partial charge in [-0.05, 0) is 52.7 Å². The molecular weight excluding hydrogens is 525 g/mol. The van der Waals surface area contributed by atoms with Crippen molar-refractivity contribution in [3.63, 3.8) is 0 Å². The molecule has 0 fully saturated rings. The van der Waals surface area contributed by atoms with Gasteiger partial charge in [-0.15, -0.1) is 0 Å². The first-order valence-electron chi connectivity index (χ1n) is 9.04. The van der Waals surface area contributed by atoms with Crippen LogP contribution in [0, 0.1) is 6.92 Å². The van der Waals surface area contributed by atoms with Crippen molar-refractivity contribution < 1.29 is 19.1 Å². The molecule has 0 saturated heterocycles. The van der Waals surface area contributed by atoms with Crippen molar-refractivity contribution in [2.24, 2.45) is 0 Å². The summed E-state index contributed by atoms with van der Waals surface area (Å²) in [6.45, 7) is 1.34. The van der Waals surface area contributed by atoms with Crippen molar-refractivity contribution in [1.29, 1.82) is 0 Å². The number of pyridine rings is 1. The number of aryl methyl sites for hydroxylation is 1. The maximum absolute atomic E-state index is 13.2. The van der Waals surface area contributed by atoms with Crippen molar-refractivity contribution in [2.75, 3.05) is 19.0 Å². The zero-order valence-electron chi connectivity index (χ0n) is 16.8. The number of hydrogen-bond acceptors (Lipinski definition) is 6. The summed E-state index contributed by atoms with van der Waals surface area (Å²) < 4.78 is 6.19. The van der Waals surface area contributed by atoms with Gasteiger partial charge >= 0.3 is 5.97 Å². The van der Waals surface area contributed by atoms with Gasteiger partial charge in [-0.2, -0.15) is 5.10 Å². The summed E-state index contributed by atoms with van der Waals surface area (Å²) in [5.74, 6) is -1.55. The Balaban J connectivity index is 1.96. The first-order valence-corrected chi connectivity index (χ1v) is 10.6. The Hall–Kier alpha value is -2.95. The molecule has 12 heteroatoms. The number of halogens is 3. The molecular formula is C20H16BrCl2N5O4. The third kappa shape index (κ3) is 5.26. The van der Waals surface area contributed by atoms with Crippen molar-refractivity contribution in [3.8, 4) is 5.82 Å². The van der Waals surface area contributed by atoms with E-state index in [9.17, 15) is 14.4 Å². The molecule has 0 spiro atoms. The summed E-state index contributed by atoms with van der Waals surface area (Å²) in [5.41, 5.74) is 0.953. The third-order valence-corrected chi connectivity index (χ3v) is 5.16. The van der Waals surface area contributed by atoms with Crippen LogP contribution in [0.2, 0.25) is 10.0 Å². The van der Waals surface area contributed by atoms with Gasteiger partial charge in [-0.25, -0.2) is 9.67 Å². The van der Waals surface area contributed by atoms with Crippen molar-refractivity contribution in [3.05, 3.63) is 68.0 Å². The van der Waals surface area contributed by atoms with Gasteiger partial charge in [0.05, 0.1) is 23.4 Å². The summed E-state index contributed by atoms with van der Waals surface area (Å²) in [6, 6.07) is 7.74. The van der Waals surface area contributed by atoms with E-state index in [2.05, 4.69) is 41.4 Å². The SMILES string of the molecule is COC(=O)CNC(=O)c1cc(Cl)cc(C)c1NC(=O)c1cc(Br)nn1-c1ncccc1Cl. The summed E-state index contributed by atoms with van der Waals surface area (Å²) in [7, 11) is 1.21. The van der Waals surface area contributed by atoms with E-state index in [1.54, 1.807) is 25.1 Å². The average Bonchev–Trinajstić information content (AvgIpc) is 3.15. The van der Waals surface area contributed by atoms with Crippen LogP contribution in [0.5, 0.6) is 0 Å². The van der Waals surface area contributed by atoms with E-state index in [-0.39, 0.29) is 34.3 Å². The molecule has 0 aliphatic carbocycles. The minimum atomic E-state index is -0.622. The first kappa shape index (κ1) is 23.7. The topological polar surface area (TPSA) is 115 Å². The fraction of sp³-hybridized carbons (Fsp3) is 0.150. The van der Waals surface area contributed by atoms with E-state index in [0.717, 1.165) is 0 Å². The second-order valence-corrected chi connectivity index (χ2v) is 8.09. The Bertz CT molecular complexity index is 1210. The highest BCUT2D eigenvalue weighted by atomic mass is 79.9. The van der Waals surface area contributed by atoms with Crippen molar-refractivity contribution in [1.82, 2.24) is 20.1 Å². The number of carbonyl (C=O) groups excluding carboxylic acids is 3. The molecule has 1 aromatic carbocycles. The quantitative estimate of drug-likeness (QED) is 0.459. The number of aromatic nitrogens is 3. The second kappa shape index (κ2) is 10.1. The number of carbonyl (C=O) groups is 3. The Morgan fingerprint density at radius 3 is 2.62 bits per heavy atom. The van der Waals surface area contributed by atoms with Crippen LogP contribution < -0.4 is 10.6 Å². The van der Waals surface area contributed by atoms with Crippen LogP contribution in [-0.2, 0) is 9.53 Å². The standard InChI is InChI=1S/C20H16BrCl2N5O4/c1-10-6-11(22)7-12(19(30)25-9-16(29)32-2)17(10)26-20(31)14-8-15(21)27-28(14)18-13(23)4-3-5-24-18/h3-8H,9H2,1-2H3,(H,25,30)(H,26,31). The Kier molecular flexibility index (Phi) is 7.49. The van der Waals surface area contributed by atoms with Crippen LogP contribution in [0.3, 0.4) is 0 Å². The first-order chi connectivity index (χ1) is 15.2. The number of benzene rings is 1. The third-order valence-electron chi connectivity index (χ3n) is 4.26. The molecule has 0 saturated carbocycles. The number of nitrogens with zero attached hydrogens (tertiary/aromatic N) is 3. The molecule has 2 heterocycles. The number of esters is 1. The highest BCUT2D eigenvalue weighted by Crippen LogP contribution is 2.27. The fourth-order valence-electron chi connectivity index (χ4n) is 2.79. The molecule has 0 aliphatic rings. The minimum absolute atomic E-state index is 0.0771. The van der Waals surface area contributed by atoms with Crippen LogP contribution in [0.15, 0.2) is 41.1 Å². The molecule has 32 heavy (non-hydrogen) atoms. The second-order valence-electron chi connectivity index (χ2n) is 6.43. The highest BCUT2D eigenvalue weighted by Gasteiger charge is 2.22. The molecule has 166 valence electrons. The lowest BCUT2D eigenvalue weighted by Gasteiger charge is -2.15. The van der Waals surface area contributed by atoms with Crippen molar-refractivity contribution >= 4 is 62.6 Å². The van der Waals surface area contributed by atoms with E-state index in [4.69, 9.17) is 23.2 Å². The molecule has 0 radical (unpaired) electrons. The molecule has 0 bridgehead atoms. The van der Waals surface area contributed by atoms with Crippen LogP contribution in [0.4, 0.5) is 5.69 Å². The lowest BCUT2D eigenvalue weighted by Crippen LogP contribution is -2.31. The summed E-state index contributed by atoms with van der Waals surface area (Å²) in [6.07, 6.45) is 1.52. The van der Waals surface area contributed by atoms with Gasteiger partial charge in [0.25, 0.3) is 11.8 Å². The molecule has 0 aliphatic heterocycles. The monoisotopic (exact) mass is 539 g/mol. The molecule has 0 atom stereocenters. The van der Waals surface area contributed by atoms with Crippen LogP contribution >= 0.6 is 39.1 Å². The Labute approximate surface area is 201 Å². The molecule has 2 amide bonds. The van der Waals surface area contributed by atoms with Gasteiger partial charge in [0.2, 0.25) is 0 Å². The van der Waals surface area contributed by atoms with Gasteiger partial charge in [0, 0.05) is 17.3 Å². The van der Waals surface area contributed by atoms with Crippen molar-refractivity contribution in [2.45, 2.75) is 6.92 Å². The number of ether oxygens (including phenoxy) is 1. The van der Waals surface area contributed by atoms with E-state index in [1.165, 1.54) is 30.1 Å². The number of nitrogens with one attached hydrogen (secondary N) is 2. The number of methoxy groups -OCH3 is 1. The molecule has 0 unspecified atom stereocenters. The van der Waals surface area contributed by atoms with Gasteiger partial charge in [-0.1, -0.05) is 23.2 Å². The molecule has 3 aromatic rings. The molecule has 3 rings (SSSR count). The summed E-state index contributed by atoms with van der Waals surface area (Å²) >= 11 is 15.6. The maximum Gasteiger partial charge on any atom is 0.325 e. The van der Waals surface area contributed by atoms with Gasteiger partial charge < -0.3 is 15.4 Å². The zero-order valence-corrected chi connectivity index (χ0v) is 19.9. The number of hydrogen-bond donors (Lipinski definition) is 2. The summed E-state index contributed by atoms with van der Waals surface area (Å²) in [5, 5.41) is 9.96.